The Morgan fingerprint density at radius 2 is 1.78 bits per heavy atom. The quantitative estimate of drug-likeness (QED) is 0.617. The number of nitrogens with two attached hydrogens (primary N) is 1. The molecule has 10 nitrogen and oxygen atoms in total. The summed E-state index contributed by atoms with van der Waals surface area (Å²) < 4.78 is 0. The lowest BCUT2D eigenvalue weighted by atomic mass is 9.90. The van der Waals surface area contributed by atoms with Gasteiger partial charge in [0.1, 0.15) is 11.3 Å². The van der Waals surface area contributed by atoms with Gasteiger partial charge in [0.05, 0.1) is 4.92 Å². The second-order valence-electron chi connectivity index (χ2n) is 6.92. The molecule has 3 heterocycles. The summed E-state index contributed by atoms with van der Waals surface area (Å²) in [6.07, 6.45) is 7.57. The topological polar surface area (TPSA) is 127 Å². The first-order chi connectivity index (χ1) is 13.1. The number of piperazine rings is 1. The Balaban J connectivity index is 1.43. The number of rotatable bonds is 4. The number of nitrogen functional groups attached to an aromatic ring is 1. The summed E-state index contributed by atoms with van der Waals surface area (Å²) in [5, 5.41) is 22.2. The fourth-order valence-corrected chi connectivity index (χ4v) is 4.83. The molecule has 0 amide bonds. The van der Waals surface area contributed by atoms with Crippen LogP contribution >= 0.6 is 11.3 Å². The minimum atomic E-state index is -0.516. The van der Waals surface area contributed by atoms with E-state index in [1.807, 2.05) is 4.90 Å². The Morgan fingerprint density at radius 3 is 2.48 bits per heavy atom. The van der Waals surface area contributed by atoms with E-state index < -0.39 is 4.92 Å². The van der Waals surface area contributed by atoms with Gasteiger partial charge in [-0.3, -0.25) is 10.1 Å². The van der Waals surface area contributed by atoms with Crippen LogP contribution in [0.2, 0.25) is 0 Å². The molecule has 2 aliphatic rings. The Hall–Kier alpha value is -2.56. The van der Waals surface area contributed by atoms with Gasteiger partial charge in [-0.2, -0.15) is 0 Å². The molecule has 2 N–H and O–H groups in total. The minimum Gasteiger partial charge on any atom is -0.378 e. The van der Waals surface area contributed by atoms with Crippen LogP contribution < -0.4 is 15.5 Å². The number of hydrogen-bond acceptors (Lipinski definition) is 10. The van der Waals surface area contributed by atoms with Crippen LogP contribution in [0.1, 0.15) is 43.0 Å². The van der Waals surface area contributed by atoms with Gasteiger partial charge in [-0.15, -0.1) is 10.2 Å². The third-order valence-electron chi connectivity index (χ3n) is 5.25. The Morgan fingerprint density at radius 1 is 1.07 bits per heavy atom. The van der Waals surface area contributed by atoms with Crippen molar-refractivity contribution in [1.82, 2.24) is 20.2 Å². The smallest absolute Gasteiger partial charge is 0.353 e. The van der Waals surface area contributed by atoms with E-state index in [-0.39, 0.29) is 17.3 Å². The molecule has 2 aromatic rings. The highest BCUT2D eigenvalue weighted by Crippen LogP contribution is 2.36. The lowest BCUT2D eigenvalue weighted by Gasteiger charge is -2.34. The summed E-state index contributed by atoms with van der Waals surface area (Å²) in [6, 6.07) is 0. The van der Waals surface area contributed by atoms with Crippen LogP contribution in [0.3, 0.4) is 0 Å². The van der Waals surface area contributed by atoms with Gasteiger partial charge in [-0.05, 0) is 12.8 Å². The molecule has 2 fully saturated rings. The fourth-order valence-electron chi connectivity index (χ4n) is 3.77. The zero-order valence-corrected chi connectivity index (χ0v) is 15.8. The average molecular weight is 390 g/mol. The van der Waals surface area contributed by atoms with Gasteiger partial charge in [0.25, 0.3) is 0 Å². The molecule has 0 atom stereocenters. The van der Waals surface area contributed by atoms with Gasteiger partial charge in [-0.25, -0.2) is 9.97 Å². The maximum atomic E-state index is 11.3. The number of anilines is 3. The summed E-state index contributed by atoms with van der Waals surface area (Å²) in [5.74, 6) is 0.735. The molecular weight excluding hydrogens is 368 g/mol. The van der Waals surface area contributed by atoms with Crippen molar-refractivity contribution < 1.29 is 4.92 Å². The summed E-state index contributed by atoms with van der Waals surface area (Å²) >= 11 is 1.68. The highest BCUT2D eigenvalue weighted by molar-refractivity contribution is 7.15. The van der Waals surface area contributed by atoms with Crippen LogP contribution in [0.25, 0.3) is 0 Å². The van der Waals surface area contributed by atoms with Crippen molar-refractivity contribution in [2.75, 3.05) is 41.7 Å². The number of nitro groups is 1. The van der Waals surface area contributed by atoms with Crippen molar-refractivity contribution in [3.63, 3.8) is 0 Å². The van der Waals surface area contributed by atoms with Crippen molar-refractivity contribution in [2.45, 2.75) is 38.0 Å². The first-order valence-corrected chi connectivity index (χ1v) is 10.0. The number of nitrogens with zero attached hydrogens (tertiary/aromatic N) is 7. The van der Waals surface area contributed by atoms with Gasteiger partial charge >= 0.3 is 5.69 Å². The summed E-state index contributed by atoms with van der Waals surface area (Å²) in [5.41, 5.74) is 5.45. The van der Waals surface area contributed by atoms with E-state index in [0.29, 0.717) is 32.1 Å². The van der Waals surface area contributed by atoms with Crippen LogP contribution in [0.15, 0.2) is 6.33 Å². The maximum absolute atomic E-state index is 11.3. The van der Waals surface area contributed by atoms with Crippen molar-refractivity contribution in [2.24, 2.45) is 0 Å². The van der Waals surface area contributed by atoms with Gasteiger partial charge in [0.2, 0.25) is 16.8 Å². The predicted octanol–water partition coefficient (Wildman–Crippen LogP) is 2.19. The predicted molar refractivity (Wildman–Crippen MR) is 103 cm³/mol. The molecule has 0 unspecified atom stereocenters. The van der Waals surface area contributed by atoms with Crippen LogP contribution in [0, 0.1) is 10.1 Å². The van der Waals surface area contributed by atoms with Crippen LogP contribution in [-0.2, 0) is 0 Å². The lowest BCUT2D eigenvalue weighted by Crippen LogP contribution is -2.47. The molecule has 0 aromatic carbocycles. The third kappa shape index (κ3) is 3.64. The van der Waals surface area contributed by atoms with Crippen LogP contribution in [0.4, 0.5) is 22.5 Å². The van der Waals surface area contributed by atoms with E-state index in [1.165, 1.54) is 38.4 Å². The molecule has 2 aromatic heterocycles. The molecule has 11 heteroatoms. The first-order valence-electron chi connectivity index (χ1n) is 9.21. The molecule has 1 saturated carbocycles. The van der Waals surface area contributed by atoms with Crippen molar-refractivity contribution in [3.05, 3.63) is 21.4 Å². The largest absolute Gasteiger partial charge is 0.378 e. The molecule has 1 saturated heterocycles. The monoisotopic (exact) mass is 390 g/mol. The summed E-state index contributed by atoms with van der Waals surface area (Å²) in [6.45, 7) is 2.63. The zero-order chi connectivity index (χ0) is 18.8. The van der Waals surface area contributed by atoms with Gasteiger partial charge in [-0.1, -0.05) is 30.6 Å². The molecule has 1 aliphatic heterocycles. The molecule has 144 valence electrons. The number of hydrogen-bond donors (Lipinski definition) is 1. The standard InChI is InChI=1S/C16H22N8O2S/c17-13-12(24(25)26)14(19-10-18-13)22-6-8-23(9-7-22)16-21-20-15(27-16)11-4-2-1-3-5-11/h10-11H,1-9H2,(H2,17,18,19). The van der Waals surface area contributed by atoms with Gasteiger partial charge < -0.3 is 15.5 Å². The van der Waals surface area contributed by atoms with Gasteiger partial charge in [0, 0.05) is 32.1 Å². The van der Waals surface area contributed by atoms with E-state index in [9.17, 15) is 10.1 Å². The van der Waals surface area contributed by atoms with Gasteiger partial charge in [0.15, 0.2) is 0 Å². The molecular formula is C16H22N8O2S. The van der Waals surface area contributed by atoms with Crippen molar-refractivity contribution in [3.8, 4) is 0 Å². The molecule has 4 rings (SSSR count). The SMILES string of the molecule is Nc1ncnc(N2CCN(c3nnc(C4CCCCC4)s3)CC2)c1[N+](=O)[O-]. The molecule has 27 heavy (non-hydrogen) atoms. The molecule has 1 aliphatic carbocycles. The van der Waals surface area contributed by atoms with Crippen molar-refractivity contribution >= 4 is 33.8 Å². The first kappa shape index (κ1) is 17.8. The Bertz CT molecular complexity index is 815. The van der Waals surface area contributed by atoms with Crippen molar-refractivity contribution in [1.29, 1.82) is 0 Å². The van der Waals surface area contributed by atoms with E-state index in [2.05, 4.69) is 25.1 Å². The van der Waals surface area contributed by atoms with E-state index in [0.717, 1.165) is 10.1 Å². The fraction of sp³-hybridized carbons (Fsp3) is 0.625. The van der Waals surface area contributed by atoms with Crippen LogP contribution in [-0.4, -0.2) is 51.3 Å². The third-order valence-corrected chi connectivity index (χ3v) is 6.39. The lowest BCUT2D eigenvalue weighted by molar-refractivity contribution is -0.383. The van der Waals surface area contributed by atoms with E-state index in [1.54, 1.807) is 11.3 Å². The minimum absolute atomic E-state index is 0.103. The highest BCUT2D eigenvalue weighted by atomic mass is 32.1. The second-order valence-corrected chi connectivity index (χ2v) is 7.91. The molecule has 0 radical (unpaired) electrons. The van der Waals surface area contributed by atoms with Crippen LogP contribution in [0.5, 0.6) is 0 Å². The Labute approximate surface area is 160 Å². The second kappa shape index (κ2) is 7.59. The molecule has 0 bridgehead atoms. The molecule has 0 spiro atoms. The highest BCUT2D eigenvalue weighted by Gasteiger charge is 2.29. The maximum Gasteiger partial charge on any atom is 0.353 e. The Kier molecular flexibility index (Phi) is 5.01. The average Bonchev–Trinajstić information content (AvgIpc) is 3.18. The summed E-state index contributed by atoms with van der Waals surface area (Å²) in [4.78, 5) is 22.7. The van der Waals surface area contributed by atoms with E-state index in [4.69, 9.17) is 5.73 Å². The summed E-state index contributed by atoms with van der Waals surface area (Å²) in [7, 11) is 0. The zero-order valence-electron chi connectivity index (χ0n) is 15.0. The normalized spacial score (nSPS) is 18.7. The number of aromatic nitrogens is 4. The van der Waals surface area contributed by atoms with E-state index >= 15 is 0 Å².